The molecule has 0 aromatic rings. The quantitative estimate of drug-likeness (QED) is 0.607. The third-order valence-electron chi connectivity index (χ3n) is 1.83. The first-order valence-electron chi connectivity index (χ1n) is 4.68. The topological polar surface area (TPSA) is 52.6 Å². The van der Waals surface area contributed by atoms with Crippen molar-refractivity contribution in [1.29, 1.82) is 0 Å². The Kier molecular flexibility index (Phi) is 6.54. The summed E-state index contributed by atoms with van der Waals surface area (Å²) in [5, 5.41) is 11.8. The lowest BCUT2D eigenvalue weighted by Crippen LogP contribution is -2.40. The third kappa shape index (κ3) is 6.54. The molecule has 0 spiro atoms. The van der Waals surface area contributed by atoms with Crippen LogP contribution in [0.5, 0.6) is 0 Å². The summed E-state index contributed by atoms with van der Waals surface area (Å²) >= 11 is 0. The van der Waals surface area contributed by atoms with Crippen LogP contribution >= 0.6 is 0 Å². The van der Waals surface area contributed by atoms with Gasteiger partial charge in [-0.25, -0.2) is 0 Å². The number of aliphatic carboxylic acids is 1. The minimum Gasteiger partial charge on any atom is -0.480 e. The molecular weight excluding hydrogens is 168 g/mol. The number of carbonyl (C=O) groups is 1. The Hall–Kier alpha value is -0.610. The molecule has 78 valence electrons. The highest BCUT2D eigenvalue weighted by molar-refractivity contribution is 5.73. The van der Waals surface area contributed by atoms with Crippen molar-refractivity contribution in [1.82, 2.24) is 10.2 Å². The maximum atomic E-state index is 10.7. The Morgan fingerprint density at radius 3 is 2.54 bits per heavy atom. The zero-order chi connectivity index (χ0) is 10.3. The Bertz CT molecular complexity index is 149. The van der Waals surface area contributed by atoms with Gasteiger partial charge < -0.3 is 15.3 Å². The molecule has 0 rings (SSSR count). The summed E-state index contributed by atoms with van der Waals surface area (Å²) in [4.78, 5) is 12.7. The van der Waals surface area contributed by atoms with Crippen molar-refractivity contribution in [2.45, 2.75) is 25.8 Å². The van der Waals surface area contributed by atoms with E-state index < -0.39 is 5.97 Å². The summed E-state index contributed by atoms with van der Waals surface area (Å²) in [5.41, 5.74) is 0. The zero-order valence-electron chi connectivity index (χ0n) is 8.71. The van der Waals surface area contributed by atoms with Crippen molar-refractivity contribution in [2.75, 3.05) is 27.2 Å². The van der Waals surface area contributed by atoms with Crippen LogP contribution in [-0.2, 0) is 4.79 Å². The first-order valence-corrected chi connectivity index (χ1v) is 4.68. The summed E-state index contributed by atoms with van der Waals surface area (Å²) in [6, 6.07) is -0.384. The van der Waals surface area contributed by atoms with Gasteiger partial charge in [0.15, 0.2) is 0 Å². The smallest absolute Gasteiger partial charge is 0.320 e. The molecule has 1 unspecified atom stereocenters. The van der Waals surface area contributed by atoms with Crippen molar-refractivity contribution < 1.29 is 9.90 Å². The molecule has 0 aliphatic rings. The first-order chi connectivity index (χ1) is 6.07. The van der Waals surface area contributed by atoms with Gasteiger partial charge in [0.05, 0.1) is 0 Å². The fourth-order valence-electron chi connectivity index (χ4n) is 1.06. The second-order valence-electron chi connectivity index (χ2n) is 3.44. The van der Waals surface area contributed by atoms with E-state index in [0.29, 0.717) is 6.42 Å². The van der Waals surface area contributed by atoms with Crippen LogP contribution in [0.25, 0.3) is 0 Å². The average molecular weight is 188 g/mol. The van der Waals surface area contributed by atoms with Crippen molar-refractivity contribution in [3.05, 3.63) is 0 Å². The van der Waals surface area contributed by atoms with Crippen LogP contribution < -0.4 is 5.32 Å². The van der Waals surface area contributed by atoms with Gasteiger partial charge >= 0.3 is 5.97 Å². The van der Waals surface area contributed by atoms with Gasteiger partial charge in [0, 0.05) is 13.1 Å². The molecule has 2 N–H and O–H groups in total. The summed E-state index contributed by atoms with van der Waals surface area (Å²) < 4.78 is 0. The van der Waals surface area contributed by atoms with Gasteiger partial charge in [0.1, 0.15) is 6.04 Å². The SMILES string of the molecule is CCCC(NCCN(C)C)C(=O)O. The highest BCUT2D eigenvalue weighted by Crippen LogP contribution is 1.95. The van der Waals surface area contributed by atoms with Gasteiger partial charge in [-0.05, 0) is 20.5 Å². The third-order valence-corrected chi connectivity index (χ3v) is 1.83. The Morgan fingerprint density at radius 2 is 2.15 bits per heavy atom. The van der Waals surface area contributed by atoms with E-state index in [-0.39, 0.29) is 6.04 Å². The fourth-order valence-corrected chi connectivity index (χ4v) is 1.06. The minimum absolute atomic E-state index is 0.384. The van der Waals surface area contributed by atoms with E-state index >= 15 is 0 Å². The number of nitrogens with one attached hydrogen (secondary N) is 1. The molecule has 0 aromatic heterocycles. The molecule has 4 heteroatoms. The molecule has 0 radical (unpaired) electrons. The van der Waals surface area contributed by atoms with Crippen LogP contribution in [0, 0.1) is 0 Å². The summed E-state index contributed by atoms with van der Waals surface area (Å²) in [6.45, 7) is 3.58. The molecule has 0 saturated heterocycles. The van der Waals surface area contributed by atoms with E-state index in [2.05, 4.69) is 5.32 Å². The molecule has 0 amide bonds. The van der Waals surface area contributed by atoms with E-state index in [1.807, 2.05) is 25.9 Å². The lowest BCUT2D eigenvalue weighted by atomic mass is 10.2. The maximum absolute atomic E-state index is 10.7. The van der Waals surface area contributed by atoms with E-state index in [9.17, 15) is 4.79 Å². The number of hydrogen-bond donors (Lipinski definition) is 2. The lowest BCUT2D eigenvalue weighted by Gasteiger charge is -2.15. The number of carboxylic acids is 1. The van der Waals surface area contributed by atoms with Crippen LogP contribution in [-0.4, -0.2) is 49.2 Å². The van der Waals surface area contributed by atoms with Crippen LogP contribution in [0.3, 0.4) is 0 Å². The van der Waals surface area contributed by atoms with Crippen LogP contribution in [0.15, 0.2) is 0 Å². The van der Waals surface area contributed by atoms with Gasteiger partial charge in [0.25, 0.3) is 0 Å². The normalized spacial score (nSPS) is 13.2. The Labute approximate surface area is 79.9 Å². The highest BCUT2D eigenvalue weighted by Gasteiger charge is 2.14. The predicted octanol–water partition coefficient (Wildman–Crippen LogP) is 0.391. The molecule has 0 heterocycles. The molecule has 0 aromatic carbocycles. The van der Waals surface area contributed by atoms with Crippen LogP contribution in [0.4, 0.5) is 0 Å². The minimum atomic E-state index is -0.749. The average Bonchev–Trinajstić information content (AvgIpc) is 2.02. The van der Waals surface area contributed by atoms with E-state index in [4.69, 9.17) is 5.11 Å². The largest absolute Gasteiger partial charge is 0.480 e. The number of rotatable bonds is 7. The molecule has 1 atom stereocenters. The highest BCUT2D eigenvalue weighted by atomic mass is 16.4. The standard InChI is InChI=1S/C9H20N2O2/c1-4-5-8(9(12)13)10-6-7-11(2)3/h8,10H,4-7H2,1-3H3,(H,12,13). The molecule has 0 bridgehead atoms. The zero-order valence-corrected chi connectivity index (χ0v) is 8.71. The van der Waals surface area contributed by atoms with Crippen molar-refractivity contribution in [3.63, 3.8) is 0 Å². The van der Waals surface area contributed by atoms with Crippen LogP contribution in [0.1, 0.15) is 19.8 Å². The predicted molar refractivity (Wildman–Crippen MR) is 52.9 cm³/mol. The summed E-state index contributed by atoms with van der Waals surface area (Å²) in [5.74, 6) is -0.749. The molecule has 0 fully saturated rings. The molecular formula is C9H20N2O2. The number of carboxylic acid groups (broad SMARTS) is 1. The van der Waals surface area contributed by atoms with Gasteiger partial charge in [0.2, 0.25) is 0 Å². The van der Waals surface area contributed by atoms with E-state index in [1.165, 1.54) is 0 Å². The van der Waals surface area contributed by atoms with Crippen molar-refractivity contribution in [2.24, 2.45) is 0 Å². The van der Waals surface area contributed by atoms with Crippen molar-refractivity contribution in [3.8, 4) is 0 Å². The van der Waals surface area contributed by atoms with Crippen molar-refractivity contribution >= 4 is 5.97 Å². The molecule has 0 aliphatic heterocycles. The van der Waals surface area contributed by atoms with E-state index in [0.717, 1.165) is 19.5 Å². The van der Waals surface area contributed by atoms with Gasteiger partial charge in [-0.15, -0.1) is 0 Å². The van der Waals surface area contributed by atoms with Gasteiger partial charge in [-0.2, -0.15) is 0 Å². The maximum Gasteiger partial charge on any atom is 0.320 e. The second kappa shape index (κ2) is 6.86. The van der Waals surface area contributed by atoms with Crippen LogP contribution in [0.2, 0.25) is 0 Å². The molecule has 0 aliphatic carbocycles. The number of hydrogen-bond acceptors (Lipinski definition) is 3. The van der Waals surface area contributed by atoms with Gasteiger partial charge in [-0.1, -0.05) is 13.3 Å². The molecule has 0 saturated carbocycles. The van der Waals surface area contributed by atoms with Gasteiger partial charge in [-0.3, -0.25) is 4.79 Å². The Balaban J connectivity index is 3.63. The second-order valence-corrected chi connectivity index (χ2v) is 3.44. The lowest BCUT2D eigenvalue weighted by molar-refractivity contribution is -0.139. The molecule has 13 heavy (non-hydrogen) atoms. The fraction of sp³-hybridized carbons (Fsp3) is 0.889. The Morgan fingerprint density at radius 1 is 1.54 bits per heavy atom. The summed E-state index contributed by atoms with van der Waals surface area (Å²) in [6.07, 6.45) is 1.59. The molecule has 4 nitrogen and oxygen atoms in total. The van der Waals surface area contributed by atoms with E-state index in [1.54, 1.807) is 0 Å². The monoisotopic (exact) mass is 188 g/mol. The first kappa shape index (κ1) is 12.4. The number of likely N-dealkylation sites (N-methyl/N-ethyl adjacent to an activating group) is 1. The number of nitrogens with zero attached hydrogens (tertiary/aromatic N) is 1. The summed E-state index contributed by atoms with van der Waals surface area (Å²) in [7, 11) is 3.94.